The molecule has 1 heterocycles. The molecule has 1 aromatic rings. The van der Waals surface area contributed by atoms with Crippen molar-refractivity contribution in [3.8, 4) is 0 Å². The normalized spacial score (nSPS) is 14.3. The van der Waals surface area contributed by atoms with Gasteiger partial charge in [-0.2, -0.15) is 0 Å². The first kappa shape index (κ1) is 57.0. The van der Waals surface area contributed by atoms with Crippen molar-refractivity contribution >= 4 is 11.9 Å². The minimum atomic E-state index is -0.559. The number of aliphatic hydroxyl groups is 2. The first-order valence-electron chi connectivity index (χ1n) is 26.1. The number of hydrogen-bond acceptors (Lipinski definition) is 8. The fraction of sp³-hybridized carbons (Fsp3) is 0.904. The van der Waals surface area contributed by atoms with E-state index in [2.05, 4.69) is 56.0 Å². The van der Waals surface area contributed by atoms with Gasteiger partial charge < -0.3 is 24.3 Å². The number of aromatic nitrogens is 2. The Morgan fingerprint density at radius 3 is 1.26 bits per heavy atom. The van der Waals surface area contributed by atoms with Crippen LogP contribution in [0.5, 0.6) is 0 Å². The maximum absolute atomic E-state index is 13.1. The quantitative estimate of drug-likeness (QED) is 0.0492. The summed E-state index contributed by atoms with van der Waals surface area (Å²) in [6, 6.07) is 0.0993. The highest BCUT2D eigenvalue weighted by molar-refractivity contribution is 5.72. The average Bonchev–Trinajstić information content (AvgIpc) is 3.76. The molecule has 0 spiro atoms. The summed E-state index contributed by atoms with van der Waals surface area (Å²) in [5.74, 6) is 0.231. The largest absolute Gasteiger partial charge is 0.465 e. The summed E-state index contributed by atoms with van der Waals surface area (Å²) in [5.41, 5.74) is 0. The molecule has 0 amide bonds. The molecule has 9 heteroatoms. The number of ether oxygens (including phenoxy) is 2. The highest BCUT2D eigenvalue weighted by Crippen LogP contribution is 2.23. The van der Waals surface area contributed by atoms with Crippen LogP contribution in [0.25, 0.3) is 0 Å². The molecular formula is C52H99N3O6. The van der Waals surface area contributed by atoms with Crippen molar-refractivity contribution in [2.45, 2.75) is 259 Å². The van der Waals surface area contributed by atoms with Crippen LogP contribution < -0.4 is 0 Å². The molecule has 358 valence electrons. The zero-order valence-corrected chi connectivity index (χ0v) is 40.8. The van der Waals surface area contributed by atoms with E-state index in [-0.39, 0.29) is 35.7 Å². The third kappa shape index (κ3) is 30.7. The molecule has 0 saturated heterocycles. The minimum absolute atomic E-state index is 0.00395. The van der Waals surface area contributed by atoms with E-state index in [9.17, 15) is 19.8 Å². The monoisotopic (exact) mass is 862 g/mol. The van der Waals surface area contributed by atoms with Crippen LogP contribution in [0.1, 0.15) is 234 Å². The first-order valence-corrected chi connectivity index (χ1v) is 26.1. The Hall–Kier alpha value is -1.97. The van der Waals surface area contributed by atoms with Gasteiger partial charge in [0.25, 0.3) is 0 Å². The molecule has 2 N–H and O–H groups in total. The van der Waals surface area contributed by atoms with Gasteiger partial charge in [0.05, 0.1) is 43.6 Å². The molecule has 0 fully saturated rings. The molecule has 0 aromatic carbocycles. The molecule has 0 radical (unpaired) electrons. The van der Waals surface area contributed by atoms with E-state index in [0.717, 1.165) is 83.6 Å². The van der Waals surface area contributed by atoms with Crippen molar-refractivity contribution < 1.29 is 29.3 Å². The molecule has 5 unspecified atom stereocenters. The lowest BCUT2D eigenvalue weighted by Gasteiger charge is -2.37. The van der Waals surface area contributed by atoms with Crippen LogP contribution in [0, 0.1) is 17.8 Å². The molecule has 61 heavy (non-hydrogen) atoms. The van der Waals surface area contributed by atoms with Crippen LogP contribution in [0.3, 0.4) is 0 Å². The highest BCUT2D eigenvalue weighted by atomic mass is 16.5. The fourth-order valence-electron chi connectivity index (χ4n) is 8.71. The summed E-state index contributed by atoms with van der Waals surface area (Å²) in [6.07, 6.45) is 36.5. The molecule has 9 nitrogen and oxygen atoms in total. The van der Waals surface area contributed by atoms with E-state index in [1.165, 1.54) is 103 Å². The zero-order chi connectivity index (χ0) is 44.8. The number of aliphatic hydroxyl groups excluding tert-OH is 2. The van der Waals surface area contributed by atoms with Gasteiger partial charge in [-0.3, -0.25) is 14.5 Å². The van der Waals surface area contributed by atoms with Gasteiger partial charge in [0.2, 0.25) is 0 Å². The van der Waals surface area contributed by atoms with E-state index < -0.39 is 12.2 Å². The Kier molecular flexibility index (Phi) is 37.0. The van der Waals surface area contributed by atoms with Crippen LogP contribution >= 0.6 is 0 Å². The third-order valence-corrected chi connectivity index (χ3v) is 12.7. The Balaban J connectivity index is 2.66. The van der Waals surface area contributed by atoms with Crippen molar-refractivity contribution in [2.75, 3.05) is 26.3 Å². The summed E-state index contributed by atoms with van der Waals surface area (Å²) < 4.78 is 13.7. The van der Waals surface area contributed by atoms with E-state index in [1.54, 1.807) is 6.20 Å². The highest BCUT2D eigenvalue weighted by Gasteiger charge is 2.27. The van der Waals surface area contributed by atoms with E-state index in [4.69, 9.17) is 9.47 Å². The van der Waals surface area contributed by atoms with Crippen LogP contribution in [-0.2, 0) is 25.6 Å². The maximum atomic E-state index is 13.1. The summed E-state index contributed by atoms with van der Waals surface area (Å²) in [4.78, 5) is 32.8. The van der Waals surface area contributed by atoms with Crippen molar-refractivity contribution in [1.82, 2.24) is 14.5 Å². The smallest absolute Gasteiger partial charge is 0.308 e. The van der Waals surface area contributed by atoms with E-state index in [0.29, 0.717) is 39.1 Å². The van der Waals surface area contributed by atoms with Crippen molar-refractivity contribution in [3.63, 3.8) is 0 Å². The van der Waals surface area contributed by atoms with Gasteiger partial charge >= 0.3 is 11.9 Å². The van der Waals surface area contributed by atoms with Gasteiger partial charge in [0.15, 0.2) is 0 Å². The molecule has 5 atom stereocenters. The van der Waals surface area contributed by atoms with Crippen molar-refractivity contribution in [1.29, 1.82) is 0 Å². The second kappa shape index (κ2) is 39.6. The molecule has 0 aliphatic heterocycles. The Bertz CT molecular complexity index is 1050. The molecule has 0 aliphatic rings. The molecule has 0 bridgehead atoms. The summed E-state index contributed by atoms with van der Waals surface area (Å²) >= 11 is 0. The predicted molar refractivity (Wildman–Crippen MR) is 255 cm³/mol. The van der Waals surface area contributed by atoms with Gasteiger partial charge in [0.1, 0.15) is 0 Å². The minimum Gasteiger partial charge on any atom is -0.465 e. The van der Waals surface area contributed by atoms with Crippen LogP contribution in [-0.4, -0.2) is 81.2 Å². The fourth-order valence-corrected chi connectivity index (χ4v) is 8.71. The number of unbranched alkanes of at least 4 members (excludes halogenated alkanes) is 18. The van der Waals surface area contributed by atoms with E-state index in [1.807, 2.05) is 12.5 Å². The van der Waals surface area contributed by atoms with Gasteiger partial charge in [0, 0.05) is 38.1 Å². The molecule has 1 aromatic heterocycles. The number of nitrogens with zero attached hydrogens (tertiary/aromatic N) is 3. The number of imidazole rings is 1. The van der Waals surface area contributed by atoms with Gasteiger partial charge in [-0.25, -0.2) is 4.98 Å². The van der Waals surface area contributed by atoms with Crippen molar-refractivity contribution in [2.24, 2.45) is 17.8 Å². The third-order valence-electron chi connectivity index (χ3n) is 12.7. The van der Waals surface area contributed by atoms with Crippen molar-refractivity contribution in [3.05, 3.63) is 18.7 Å². The molecule has 0 saturated carbocycles. The Morgan fingerprint density at radius 1 is 0.541 bits per heavy atom. The molecule has 0 aliphatic carbocycles. The lowest BCUT2D eigenvalue weighted by atomic mass is 9.94. The Labute approximate surface area is 376 Å². The second-order valence-corrected chi connectivity index (χ2v) is 18.9. The van der Waals surface area contributed by atoms with Crippen LogP contribution in [0.2, 0.25) is 0 Å². The first-order chi connectivity index (χ1) is 29.7. The number of carbonyl (C=O) groups is 2. The maximum Gasteiger partial charge on any atom is 0.308 e. The average molecular weight is 862 g/mol. The van der Waals surface area contributed by atoms with Gasteiger partial charge in [-0.05, 0) is 70.1 Å². The number of esters is 2. The SMILES string of the molecule is CCCCCCCCC(CCCCCC)C(=O)OCCCCC(O)CN(CC(O)CCCCOC(=O)C(CCCCCC)CCCCCCCC)C(Cn1ccnc1)C(C)C. The van der Waals surface area contributed by atoms with Crippen LogP contribution in [0.4, 0.5) is 0 Å². The number of carbonyl (C=O) groups excluding carboxylic acids is 2. The number of rotatable bonds is 44. The Morgan fingerprint density at radius 2 is 0.902 bits per heavy atom. The second-order valence-electron chi connectivity index (χ2n) is 18.9. The topological polar surface area (TPSA) is 114 Å². The van der Waals surface area contributed by atoms with E-state index >= 15 is 0 Å². The molecular weight excluding hydrogens is 763 g/mol. The summed E-state index contributed by atoms with van der Waals surface area (Å²) in [6.45, 7) is 15.8. The van der Waals surface area contributed by atoms with Gasteiger partial charge in [-0.15, -0.1) is 0 Å². The standard InChI is InChI=1S/C52H99N3O6/c1-7-11-15-19-21-25-33-46(31-23-17-13-9-3)51(58)60-39-29-27-35-48(56)41-55(50(45(5)6)43-54-38-37-53-44-54)42-49(57)36-28-30-40-61-52(59)47(32-24-18-14-10-4)34-26-22-20-16-12-8-2/h37-38,44-50,56-57H,7-36,39-43H2,1-6H3. The number of hydrogen-bond donors (Lipinski definition) is 2. The lowest BCUT2D eigenvalue weighted by Crippen LogP contribution is -2.48. The lowest BCUT2D eigenvalue weighted by molar-refractivity contribution is -0.150. The molecule has 1 rings (SSSR count). The van der Waals surface area contributed by atoms with Crippen LogP contribution in [0.15, 0.2) is 18.7 Å². The zero-order valence-electron chi connectivity index (χ0n) is 40.8. The summed E-state index contributed by atoms with van der Waals surface area (Å²) in [5, 5.41) is 22.7. The predicted octanol–water partition coefficient (Wildman–Crippen LogP) is 13.0. The van der Waals surface area contributed by atoms with Gasteiger partial charge in [-0.1, -0.05) is 170 Å². The summed E-state index contributed by atoms with van der Waals surface area (Å²) in [7, 11) is 0.